The smallest absolute Gasteiger partial charge is 0.258 e. The zero-order valence-electron chi connectivity index (χ0n) is 17.2. The summed E-state index contributed by atoms with van der Waals surface area (Å²) in [5, 5.41) is 9.96. The minimum Gasteiger partial charge on any atom is -0.322 e. The van der Waals surface area contributed by atoms with Gasteiger partial charge in [0.25, 0.3) is 11.8 Å². The molecule has 0 fully saturated rings. The van der Waals surface area contributed by atoms with Crippen LogP contribution in [-0.2, 0) is 6.42 Å². The lowest BCUT2D eigenvalue weighted by molar-refractivity contribution is 0.0986. The molecule has 2 aromatic heterocycles. The van der Waals surface area contributed by atoms with E-state index in [0.29, 0.717) is 35.6 Å². The summed E-state index contributed by atoms with van der Waals surface area (Å²) < 4.78 is 13.9. The molecule has 7 nitrogen and oxygen atoms in total. The number of anilines is 2. The number of pyridine rings is 1. The Morgan fingerprint density at radius 3 is 2.76 bits per heavy atom. The number of halogens is 2. The maximum Gasteiger partial charge on any atom is 0.258 e. The second kappa shape index (κ2) is 8.48. The van der Waals surface area contributed by atoms with Crippen molar-refractivity contribution in [3.05, 3.63) is 94.5 Å². The van der Waals surface area contributed by atoms with Gasteiger partial charge in [-0.05, 0) is 61.0 Å². The van der Waals surface area contributed by atoms with Crippen LogP contribution in [-0.4, -0.2) is 33.5 Å². The molecule has 2 amide bonds. The van der Waals surface area contributed by atoms with Crippen LogP contribution in [0.15, 0.2) is 67.0 Å². The molecule has 5 rings (SSSR count). The Bertz CT molecular complexity index is 1370. The average molecular weight is 462 g/mol. The van der Waals surface area contributed by atoms with Gasteiger partial charge in [-0.25, -0.2) is 4.39 Å². The van der Waals surface area contributed by atoms with Gasteiger partial charge in [-0.15, -0.1) is 0 Å². The molecule has 0 unspecified atom stereocenters. The van der Waals surface area contributed by atoms with Gasteiger partial charge in [0, 0.05) is 34.6 Å². The van der Waals surface area contributed by atoms with E-state index < -0.39 is 11.7 Å². The number of benzene rings is 2. The molecule has 0 atom stereocenters. The molecular formula is C24H17ClFN5O2. The minimum absolute atomic E-state index is 0.158. The first-order valence-electron chi connectivity index (χ1n) is 10.2. The summed E-state index contributed by atoms with van der Waals surface area (Å²) in [7, 11) is 0. The average Bonchev–Trinajstić information content (AvgIpc) is 3.24. The fourth-order valence-corrected chi connectivity index (χ4v) is 3.97. The number of amides is 2. The molecule has 0 aliphatic carbocycles. The van der Waals surface area contributed by atoms with Gasteiger partial charge in [-0.1, -0.05) is 11.6 Å². The van der Waals surface area contributed by atoms with Crippen molar-refractivity contribution in [2.45, 2.75) is 6.42 Å². The van der Waals surface area contributed by atoms with Crippen molar-refractivity contribution in [2.24, 2.45) is 0 Å². The predicted molar refractivity (Wildman–Crippen MR) is 123 cm³/mol. The van der Waals surface area contributed by atoms with Gasteiger partial charge in [-0.3, -0.25) is 19.7 Å². The number of nitrogens with zero attached hydrogens (tertiary/aromatic N) is 3. The number of H-pyrrole nitrogens is 1. The Kier molecular flexibility index (Phi) is 5.35. The molecule has 0 bridgehead atoms. The van der Waals surface area contributed by atoms with E-state index in [-0.39, 0.29) is 16.5 Å². The lowest BCUT2D eigenvalue weighted by Crippen LogP contribution is -2.32. The Balaban J connectivity index is 1.37. The van der Waals surface area contributed by atoms with Crippen molar-refractivity contribution >= 4 is 34.8 Å². The lowest BCUT2D eigenvalue weighted by Gasteiger charge is -2.22. The van der Waals surface area contributed by atoms with Crippen LogP contribution in [0.4, 0.5) is 15.8 Å². The first-order chi connectivity index (χ1) is 16.0. The number of hydrogen-bond donors (Lipinski definition) is 2. The van der Waals surface area contributed by atoms with Crippen molar-refractivity contribution < 1.29 is 14.0 Å². The Morgan fingerprint density at radius 2 is 1.94 bits per heavy atom. The van der Waals surface area contributed by atoms with Gasteiger partial charge < -0.3 is 10.2 Å². The number of carbonyl (C=O) groups excluding carboxylic acids is 2. The Morgan fingerprint density at radius 1 is 1.12 bits per heavy atom. The summed E-state index contributed by atoms with van der Waals surface area (Å²) in [5.41, 5.74) is 3.88. The van der Waals surface area contributed by atoms with Gasteiger partial charge in [0.2, 0.25) is 0 Å². The summed E-state index contributed by atoms with van der Waals surface area (Å²) in [6.07, 6.45) is 4.06. The van der Waals surface area contributed by atoms with Gasteiger partial charge in [0.05, 0.1) is 23.1 Å². The largest absolute Gasteiger partial charge is 0.322 e. The summed E-state index contributed by atoms with van der Waals surface area (Å²) in [4.78, 5) is 31.9. The van der Waals surface area contributed by atoms with Crippen molar-refractivity contribution in [1.82, 2.24) is 15.2 Å². The van der Waals surface area contributed by atoms with E-state index in [1.807, 2.05) is 6.07 Å². The van der Waals surface area contributed by atoms with Gasteiger partial charge >= 0.3 is 0 Å². The number of fused-ring (bicyclic) bond motifs is 3. The van der Waals surface area contributed by atoms with Gasteiger partial charge in [0.1, 0.15) is 11.5 Å². The van der Waals surface area contributed by atoms with Crippen LogP contribution in [0.25, 0.3) is 11.4 Å². The van der Waals surface area contributed by atoms with Crippen LogP contribution in [0.3, 0.4) is 0 Å². The Labute approximate surface area is 193 Å². The number of aromatic amines is 1. The summed E-state index contributed by atoms with van der Waals surface area (Å²) in [5.74, 6) is -1.49. The third-order valence-electron chi connectivity index (χ3n) is 5.44. The van der Waals surface area contributed by atoms with E-state index >= 15 is 0 Å². The minimum atomic E-state index is -0.669. The predicted octanol–water partition coefficient (Wildman–Crippen LogP) is 4.72. The third-order valence-corrected chi connectivity index (χ3v) is 5.68. The highest BCUT2D eigenvalue weighted by atomic mass is 35.5. The lowest BCUT2D eigenvalue weighted by atomic mass is 10.1. The molecule has 0 saturated heterocycles. The maximum atomic E-state index is 13.9. The van der Waals surface area contributed by atoms with Crippen LogP contribution in [0.2, 0.25) is 5.02 Å². The molecule has 0 saturated carbocycles. The molecule has 3 heterocycles. The normalized spacial score (nSPS) is 12.5. The summed E-state index contributed by atoms with van der Waals surface area (Å²) >= 11 is 5.86. The molecule has 0 radical (unpaired) electrons. The van der Waals surface area contributed by atoms with Crippen molar-refractivity contribution in [3.8, 4) is 11.4 Å². The molecule has 1 aliphatic heterocycles. The van der Waals surface area contributed by atoms with Crippen LogP contribution in [0, 0.1) is 5.82 Å². The SMILES string of the molecule is O=C(Nc1ccc(C(=O)N2CCc3cn[nH]c3-c3ncccc32)cc1)c1cc(Cl)ccc1F. The summed E-state index contributed by atoms with van der Waals surface area (Å²) in [6.45, 7) is 0.469. The van der Waals surface area contributed by atoms with Crippen LogP contribution < -0.4 is 10.2 Å². The van der Waals surface area contributed by atoms with E-state index in [2.05, 4.69) is 20.5 Å². The van der Waals surface area contributed by atoms with Crippen molar-refractivity contribution in [1.29, 1.82) is 0 Å². The molecule has 33 heavy (non-hydrogen) atoms. The number of rotatable bonds is 3. The molecular weight excluding hydrogens is 445 g/mol. The van der Waals surface area contributed by atoms with E-state index in [4.69, 9.17) is 11.6 Å². The zero-order valence-corrected chi connectivity index (χ0v) is 17.9. The number of aromatic nitrogens is 3. The standard InChI is InChI=1S/C24H17ClFN5O2/c25-16-5-8-19(26)18(12-16)23(32)29-17-6-3-14(4-7-17)24(33)31-11-9-15-13-28-30-21(15)22-20(31)2-1-10-27-22/h1-8,10,12-13H,9,11H2,(H,28,30)(H,29,32). The quantitative estimate of drug-likeness (QED) is 0.462. The van der Waals surface area contributed by atoms with E-state index in [9.17, 15) is 14.0 Å². The molecule has 2 N–H and O–H groups in total. The molecule has 2 aromatic carbocycles. The van der Waals surface area contributed by atoms with Crippen molar-refractivity contribution in [2.75, 3.05) is 16.8 Å². The fraction of sp³-hybridized carbons (Fsp3) is 0.0833. The summed E-state index contributed by atoms with van der Waals surface area (Å²) in [6, 6.07) is 13.8. The van der Waals surface area contributed by atoms with Gasteiger partial charge in [0.15, 0.2) is 0 Å². The topological polar surface area (TPSA) is 91.0 Å². The number of carbonyl (C=O) groups is 2. The van der Waals surface area contributed by atoms with E-state index in [1.54, 1.807) is 47.6 Å². The number of nitrogens with one attached hydrogen (secondary N) is 2. The van der Waals surface area contributed by atoms with Crippen LogP contribution in [0.5, 0.6) is 0 Å². The molecule has 1 aliphatic rings. The fourth-order valence-electron chi connectivity index (χ4n) is 3.80. The highest BCUT2D eigenvalue weighted by Crippen LogP contribution is 2.34. The third kappa shape index (κ3) is 3.96. The van der Waals surface area contributed by atoms with E-state index in [1.165, 1.54) is 12.1 Å². The highest BCUT2D eigenvalue weighted by molar-refractivity contribution is 6.31. The first kappa shape index (κ1) is 20.8. The zero-order chi connectivity index (χ0) is 22.9. The first-order valence-corrected chi connectivity index (χ1v) is 10.5. The highest BCUT2D eigenvalue weighted by Gasteiger charge is 2.27. The van der Waals surface area contributed by atoms with Crippen LogP contribution in [0.1, 0.15) is 26.3 Å². The second-order valence-corrected chi connectivity index (χ2v) is 7.94. The van der Waals surface area contributed by atoms with Gasteiger partial charge in [-0.2, -0.15) is 5.10 Å². The Hall–Kier alpha value is -4.04. The molecule has 4 aromatic rings. The van der Waals surface area contributed by atoms with E-state index in [0.717, 1.165) is 17.3 Å². The second-order valence-electron chi connectivity index (χ2n) is 7.50. The monoisotopic (exact) mass is 461 g/mol. The number of hydrogen-bond acceptors (Lipinski definition) is 4. The maximum absolute atomic E-state index is 13.9. The molecule has 164 valence electrons. The van der Waals surface area contributed by atoms with Crippen LogP contribution >= 0.6 is 11.6 Å². The van der Waals surface area contributed by atoms with Crippen molar-refractivity contribution in [3.63, 3.8) is 0 Å². The molecule has 9 heteroatoms. The molecule has 0 spiro atoms.